The molecule has 1 fully saturated rings. The molecule has 106 valence electrons. The molecule has 2 N–H and O–H groups in total. The fourth-order valence-corrected chi connectivity index (χ4v) is 1.63. The van der Waals surface area contributed by atoms with Crippen molar-refractivity contribution in [2.24, 2.45) is 0 Å². The predicted octanol–water partition coefficient (Wildman–Crippen LogP) is -0.581. The largest absolute Gasteiger partial charge is 0.423 e. The molecule has 0 spiro atoms. The van der Waals surface area contributed by atoms with Crippen molar-refractivity contribution in [3.63, 3.8) is 0 Å². The molecule has 0 aliphatic carbocycles. The molecule has 0 radical (unpaired) electrons. The zero-order valence-corrected chi connectivity index (χ0v) is 9.31. The molecular formula is C9H9F3N2O5. The highest BCUT2D eigenvalue weighted by Gasteiger charge is 2.37. The zero-order valence-electron chi connectivity index (χ0n) is 9.31. The maximum atomic E-state index is 12.5. The molecule has 7 nitrogen and oxygen atoms in total. The second-order valence-corrected chi connectivity index (χ2v) is 3.72. The maximum absolute atomic E-state index is 12.5. The molecule has 0 aromatic carbocycles. The molecule has 2 atom stereocenters. The Labute approximate surface area is 103 Å². The van der Waals surface area contributed by atoms with Gasteiger partial charge in [-0.25, -0.2) is 9.36 Å². The molecular weight excluding hydrogens is 273 g/mol. The van der Waals surface area contributed by atoms with Crippen molar-refractivity contribution in [2.45, 2.75) is 18.7 Å². The first kappa shape index (κ1) is 13.8. The molecule has 1 aromatic rings. The van der Waals surface area contributed by atoms with Crippen LogP contribution in [0, 0.1) is 0 Å². The van der Waals surface area contributed by atoms with Gasteiger partial charge in [0.1, 0.15) is 5.56 Å². The van der Waals surface area contributed by atoms with Crippen LogP contribution in [-0.2, 0) is 15.7 Å². The smallest absolute Gasteiger partial charge is 0.391 e. The summed E-state index contributed by atoms with van der Waals surface area (Å²) in [5, 5.41) is 8.75. The summed E-state index contributed by atoms with van der Waals surface area (Å²) in [5.41, 5.74) is -4.09. The van der Waals surface area contributed by atoms with E-state index < -0.39 is 42.1 Å². The van der Waals surface area contributed by atoms with E-state index in [1.165, 1.54) is 0 Å². The molecule has 1 aliphatic heterocycles. The minimum Gasteiger partial charge on any atom is -0.391 e. The third kappa shape index (κ3) is 2.55. The summed E-state index contributed by atoms with van der Waals surface area (Å²) in [6, 6.07) is 0. The molecule has 19 heavy (non-hydrogen) atoms. The van der Waals surface area contributed by atoms with E-state index in [9.17, 15) is 22.8 Å². The number of rotatable bonds is 2. The van der Waals surface area contributed by atoms with Crippen LogP contribution < -0.4 is 11.2 Å². The van der Waals surface area contributed by atoms with Crippen molar-refractivity contribution in [1.29, 1.82) is 0 Å². The van der Waals surface area contributed by atoms with Gasteiger partial charge in [-0.15, -0.1) is 0 Å². The van der Waals surface area contributed by atoms with Gasteiger partial charge in [0.2, 0.25) is 0 Å². The van der Waals surface area contributed by atoms with Crippen molar-refractivity contribution < 1.29 is 27.8 Å². The summed E-state index contributed by atoms with van der Waals surface area (Å²) >= 11 is 0. The van der Waals surface area contributed by atoms with E-state index in [-0.39, 0.29) is 11.2 Å². The number of aliphatic hydroxyl groups excluding tert-OH is 1. The molecule has 2 unspecified atom stereocenters. The van der Waals surface area contributed by atoms with Crippen molar-refractivity contribution in [2.75, 3.05) is 13.2 Å². The number of H-pyrrole nitrogens is 1. The number of nitrogens with one attached hydrogen (secondary N) is 1. The highest BCUT2D eigenvalue weighted by molar-refractivity contribution is 5.09. The first-order chi connectivity index (χ1) is 8.84. The summed E-state index contributed by atoms with van der Waals surface area (Å²) in [4.78, 5) is 24.9. The normalized spacial score (nSPS) is 23.8. The number of ether oxygens (including phenoxy) is 2. The third-order valence-electron chi connectivity index (χ3n) is 2.48. The lowest BCUT2D eigenvalue weighted by atomic mass is 10.3. The SMILES string of the molecule is O=c1[nH]cc(C(F)(F)F)c(=O)n1C1COC(CO)O1. The van der Waals surface area contributed by atoms with Gasteiger partial charge >= 0.3 is 11.9 Å². The molecule has 2 rings (SSSR count). The molecule has 2 heterocycles. The molecule has 10 heteroatoms. The lowest BCUT2D eigenvalue weighted by Crippen LogP contribution is -2.42. The first-order valence-electron chi connectivity index (χ1n) is 5.14. The summed E-state index contributed by atoms with van der Waals surface area (Å²) in [6.07, 6.45) is -6.97. The van der Waals surface area contributed by atoms with Crippen LogP contribution in [0.2, 0.25) is 0 Å². The van der Waals surface area contributed by atoms with E-state index >= 15 is 0 Å². The molecule has 0 amide bonds. The summed E-state index contributed by atoms with van der Waals surface area (Å²) in [6.45, 7) is -0.850. The number of alkyl halides is 3. The van der Waals surface area contributed by atoms with Gasteiger partial charge in [-0.2, -0.15) is 13.2 Å². The monoisotopic (exact) mass is 282 g/mol. The van der Waals surface area contributed by atoms with E-state index in [1.54, 1.807) is 0 Å². The number of nitrogens with zero attached hydrogens (tertiary/aromatic N) is 1. The summed E-state index contributed by atoms with van der Waals surface area (Å²) in [5.74, 6) is 0. The fraction of sp³-hybridized carbons (Fsp3) is 0.556. The van der Waals surface area contributed by atoms with Gasteiger partial charge in [-0.3, -0.25) is 4.79 Å². The minimum atomic E-state index is -4.89. The van der Waals surface area contributed by atoms with E-state index in [0.717, 1.165) is 0 Å². The Morgan fingerprint density at radius 2 is 2.16 bits per heavy atom. The standard InChI is InChI=1S/C9H9F3N2O5/c10-9(11,12)4-1-13-8(17)14(7(4)16)5-3-18-6(2-15)19-5/h1,5-6,15H,2-3H2,(H,13,17). The van der Waals surface area contributed by atoms with E-state index in [0.29, 0.717) is 6.20 Å². The Bertz CT molecular complexity index is 578. The number of aliphatic hydroxyl groups is 1. The van der Waals surface area contributed by atoms with Gasteiger partial charge in [-0.05, 0) is 0 Å². The Morgan fingerprint density at radius 1 is 1.47 bits per heavy atom. The van der Waals surface area contributed by atoms with Gasteiger partial charge in [-0.1, -0.05) is 0 Å². The Hall–Kier alpha value is -1.65. The molecule has 0 saturated carbocycles. The number of aromatic amines is 1. The van der Waals surface area contributed by atoms with Crippen molar-refractivity contribution >= 4 is 0 Å². The van der Waals surface area contributed by atoms with E-state index in [2.05, 4.69) is 0 Å². The van der Waals surface area contributed by atoms with Gasteiger partial charge in [0.25, 0.3) is 5.56 Å². The second kappa shape index (κ2) is 4.79. The molecule has 1 aromatic heterocycles. The van der Waals surface area contributed by atoms with Crippen LogP contribution in [0.5, 0.6) is 0 Å². The quantitative estimate of drug-likeness (QED) is 0.757. The zero-order chi connectivity index (χ0) is 14.2. The fourth-order valence-electron chi connectivity index (χ4n) is 1.63. The van der Waals surface area contributed by atoms with E-state index in [1.807, 2.05) is 4.98 Å². The van der Waals surface area contributed by atoms with Crippen LogP contribution in [0.25, 0.3) is 0 Å². The van der Waals surface area contributed by atoms with Crippen LogP contribution in [0.15, 0.2) is 15.8 Å². The summed E-state index contributed by atoms with van der Waals surface area (Å²) < 4.78 is 47.7. The molecule has 0 bridgehead atoms. The topological polar surface area (TPSA) is 93.6 Å². The number of halogens is 3. The predicted molar refractivity (Wildman–Crippen MR) is 53.3 cm³/mol. The van der Waals surface area contributed by atoms with Crippen LogP contribution >= 0.6 is 0 Å². The van der Waals surface area contributed by atoms with Crippen molar-refractivity contribution in [3.8, 4) is 0 Å². The average molecular weight is 282 g/mol. The van der Waals surface area contributed by atoms with Crippen LogP contribution in [0.3, 0.4) is 0 Å². The maximum Gasteiger partial charge on any atom is 0.423 e. The lowest BCUT2D eigenvalue weighted by molar-refractivity contribution is -0.140. The Kier molecular flexibility index (Phi) is 3.47. The van der Waals surface area contributed by atoms with Gasteiger partial charge < -0.3 is 19.6 Å². The van der Waals surface area contributed by atoms with E-state index in [4.69, 9.17) is 14.6 Å². The molecule has 1 saturated heterocycles. The van der Waals surface area contributed by atoms with Gasteiger partial charge in [0.05, 0.1) is 13.2 Å². The second-order valence-electron chi connectivity index (χ2n) is 3.72. The average Bonchev–Trinajstić information content (AvgIpc) is 2.75. The van der Waals surface area contributed by atoms with Crippen molar-refractivity contribution in [1.82, 2.24) is 9.55 Å². The van der Waals surface area contributed by atoms with Gasteiger partial charge in [0, 0.05) is 6.20 Å². The number of hydrogen-bond donors (Lipinski definition) is 2. The Balaban J connectivity index is 2.47. The number of hydrogen-bond acceptors (Lipinski definition) is 5. The molecule has 1 aliphatic rings. The number of aromatic nitrogens is 2. The first-order valence-corrected chi connectivity index (χ1v) is 5.14. The Morgan fingerprint density at radius 3 is 2.68 bits per heavy atom. The summed E-state index contributed by atoms with van der Waals surface area (Å²) in [7, 11) is 0. The highest BCUT2D eigenvalue weighted by Crippen LogP contribution is 2.26. The van der Waals surface area contributed by atoms with Crippen molar-refractivity contribution in [3.05, 3.63) is 32.6 Å². The van der Waals surface area contributed by atoms with Crippen LogP contribution in [-0.4, -0.2) is 34.2 Å². The van der Waals surface area contributed by atoms with Gasteiger partial charge in [0.15, 0.2) is 12.5 Å². The van der Waals surface area contributed by atoms with Crippen LogP contribution in [0.1, 0.15) is 11.8 Å². The van der Waals surface area contributed by atoms with Crippen LogP contribution in [0.4, 0.5) is 13.2 Å². The highest BCUT2D eigenvalue weighted by atomic mass is 19.4. The third-order valence-corrected chi connectivity index (χ3v) is 2.48. The lowest BCUT2D eigenvalue weighted by Gasteiger charge is -2.13. The minimum absolute atomic E-state index is 0.276.